The highest BCUT2D eigenvalue weighted by Crippen LogP contribution is 2.40. The Balaban J connectivity index is 1.58. The molecule has 0 aromatic heterocycles. The lowest BCUT2D eigenvalue weighted by Gasteiger charge is -2.34. The maximum absolute atomic E-state index is 13.1. The molecule has 2 heterocycles. The summed E-state index contributed by atoms with van der Waals surface area (Å²) >= 11 is 0. The number of carbonyl (C=O) groups excluding carboxylic acids is 1. The molecule has 1 saturated heterocycles. The zero-order valence-corrected chi connectivity index (χ0v) is 16.3. The molecule has 2 aliphatic heterocycles. The molecule has 2 aromatic carbocycles. The number of ketones is 1. The van der Waals surface area contributed by atoms with Crippen LogP contribution in [0.1, 0.15) is 48.5 Å². The van der Waals surface area contributed by atoms with Gasteiger partial charge in [0.2, 0.25) is 10.0 Å². The first kappa shape index (κ1) is 18.2. The average Bonchev–Trinajstić information content (AvgIpc) is 3.05. The first-order chi connectivity index (χ1) is 12.8. The molecule has 142 valence electrons. The van der Waals surface area contributed by atoms with Gasteiger partial charge < -0.3 is 4.74 Å². The molecule has 1 unspecified atom stereocenters. The summed E-state index contributed by atoms with van der Waals surface area (Å²) in [5, 5.41) is 0. The molecule has 5 nitrogen and oxygen atoms in total. The van der Waals surface area contributed by atoms with Crippen LogP contribution in [0.4, 0.5) is 0 Å². The van der Waals surface area contributed by atoms with Crippen LogP contribution in [0.15, 0.2) is 53.4 Å². The number of benzene rings is 2. The largest absolute Gasteiger partial charge is 0.485 e. The van der Waals surface area contributed by atoms with E-state index in [9.17, 15) is 13.2 Å². The lowest BCUT2D eigenvalue weighted by molar-refractivity contribution is 0.0498. The predicted octanol–water partition coefficient (Wildman–Crippen LogP) is 3.61. The van der Waals surface area contributed by atoms with Gasteiger partial charge in [0.05, 0.1) is 23.4 Å². The van der Waals surface area contributed by atoms with E-state index in [4.69, 9.17) is 4.74 Å². The minimum atomic E-state index is -3.61. The molecule has 0 amide bonds. The third kappa shape index (κ3) is 3.17. The number of hydrogen-bond acceptors (Lipinski definition) is 4. The Bertz CT molecular complexity index is 981. The molecule has 1 atom stereocenters. The molecular formula is C21H23NO4S. The standard InChI is InChI=1S/C21H23NO4S/c1-15(2)16-7-9-17(10-8-16)27(24,25)22-12-11-21(14-22)13-19(23)18-5-3-4-6-20(18)26-21/h3-10,15H,11-14H2,1-2H3. The van der Waals surface area contributed by atoms with Crippen molar-refractivity contribution in [2.24, 2.45) is 0 Å². The smallest absolute Gasteiger partial charge is 0.243 e. The zero-order valence-electron chi connectivity index (χ0n) is 15.5. The molecule has 2 aromatic rings. The molecule has 4 rings (SSSR count). The number of carbonyl (C=O) groups is 1. The number of nitrogens with zero attached hydrogens (tertiary/aromatic N) is 1. The molecule has 0 aliphatic carbocycles. The molecule has 0 N–H and O–H groups in total. The predicted molar refractivity (Wildman–Crippen MR) is 103 cm³/mol. The average molecular weight is 385 g/mol. The molecule has 1 spiro atoms. The van der Waals surface area contributed by atoms with Crippen molar-refractivity contribution in [3.8, 4) is 5.75 Å². The van der Waals surface area contributed by atoms with Gasteiger partial charge in [0.15, 0.2) is 5.78 Å². The van der Waals surface area contributed by atoms with E-state index in [0.717, 1.165) is 5.56 Å². The molecule has 6 heteroatoms. The highest BCUT2D eigenvalue weighted by Gasteiger charge is 2.48. The van der Waals surface area contributed by atoms with Gasteiger partial charge in [-0.2, -0.15) is 4.31 Å². The summed E-state index contributed by atoms with van der Waals surface area (Å²) in [4.78, 5) is 12.8. The minimum Gasteiger partial charge on any atom is -0.485 e. The second-order valence-electron chi connectivity index (χ2n) is 7.69. The number of Topliss-reactive ketones (excluding diaryl/α,β-unsaturated/α-hetero) is 1. The molecule has 0 bridgehead atoms. The Morgan fingerprint density at radius 1 is 1.07 bits per heavy atom. The van der Waals surface area contributed by atoms with Crippen LogP contribution in [-0.2, 0) is 10.0 Å². The monoisotopic (exact) mass is 385 g/mol. The van der Waals surface area contributed by atoms with Gasteiger partial charge in [0, 0.05) is 13.0 Å². The van der Waals surface area contributed by atoms with Crippen molar-refractivity contribution in [2.45, 2.75) is 43.1 Å². The van der Waals surface area contributed by atoms with E-state index in [2.05, 4.69) is 13.8 Å². The third-order valence-corrected chi connectivity index (χ3v) is 7.32. The summed E-state index contributed by atoms with van der Waals surface area (Å²) in [5.41, 5.74) is 0.912. The van der Waals surface area contributed by atoms with Gasteiger partial charge in [-0.3, -0.25) is 4.79 Å². The highest BCUT2D eigenvalue weighted by atomic mass is 32.2. The summed E-state index contributed by atoms with van der Waals surface area (Å²) in [6.07, 6.45) is 0.721. The van der Waals surface area contributed by atoms with Gasteiger partial charge in [-0.1, -0.05) is 38.1 Å². The maximum atomic E-state index is 13.1. The number of rotatable bonds is 3. The van der Waals surface area contributed by atoms with Crippen molar-refractivity contribution in [3.05, 3.63) is 59.7 Å². The molecule has 0 radical (unpaired) electrons. The van der Waals surface area contributed by atoms with Gasteiger partial charge in [-0.05, 0) is 35.7 Å². The van der Waals surface area contributed by atoms with Crippen molar-refractivity contribution < 1.29 is 17.9 Å². The van der Waals surface area contributed by atoms with Crippen LogP contribution in [0.2, 0.25) is 0 Å². The molecule has 0 saturated carbocycles. The van der Waals surface area contributed by atoms with Crippen LogP contribution in [0, 0.1) is 0 Å². The van der Waals surface area contributed by atoms with Crippen LogP contribution in [0.3, 0.4) is 0 Å². The topological polar surface area (TPSA) is 63.7 Å². The van der Waals surface area contributed by atoms with Gasteiger partial charge in [0.25, 0.3) is 0 Å². The van der Waals surface area contributed by atoms with E-state index in [1.807, 2.05) is 24.3 Å². The number of para-hydroxylation sites is 1. The fraction of sp³-hybridized carbons (Fsp3) is 0.381. The first-order valence-corrected chi connectivity index (χ1v) is 10.7. The lowest BCUT2D eigenvalue weighted by Crippen LogP contribution is -2.45. The van der Waals surface area contributed by atoms with Crippen molar-refractivity contribution in [1.82, 2.24) is 4.31 Å². The van der Waals surface area contributed by atoms with E-state index in [1.54, 1.807) is 24.3 Å². The summed E-state index contributed by atoms with van der Waals surface area (Å²) in [6.45, 7) is 4.69. The summed E-state index contributed by atoms with van der Waals surface area (Å²) in [5.74, 6) is 0.908. The number of sulfonamides is 1. The summed E-state index contributed by atoms with van der Waals surface area (Å²) in [7, 11) is -3.61. The second-order valence-corrected chi connectivity index (χ2v) is 9.63. The highest BCUT2D eigenvalue weighted by molar-refractivity contribution is 7.89. The first-order valence-electron chi connectivity index (χ1n) is 9.22. The SMILES string of the molecule is CC(C)c1ccc(S(=O)(=O)N2CCC3(CC(=O)c4ccccc4O3)C2)cc1. The number of fused-ring (bicyclic) bond motifs is 1. The van der Waals surface area contributed by atoms with Crippen LogP contribution >= 0.6 is 0 Å². The Hall–Kier alpha value is -2.18. The van der Waals surface area contributed by atoms with Gasteiger partial charge in [-0.15, -0.1) is 0 Å². The maximum Gasteiger partial charge on any atom is 0.243 e. The quantitative estimate of drug-likeness (QED) is 0.810. The normalized spacial score (nSPS) is 22.9. The lowest BCUT2D eigenvalue weighted by atomic mass is 9.89. The van der Waals surface area contributed by atoms with Crippen molar-refractivity contribution in [3.63, 3.8) is 0 Å². The van der Waals surface area contributed by atoms with Crippen LogP contribution < -0.4 is 4.74 Å². The van der Waals surface area contributed by atoms with Crippen molar-refractivity contribution in [2.75, 3.05) is 13.1 Å². The molecule has 2 aliphatic rings. The van der Waals surface area contributed by atoms with E-state index in [0.29, 0.717) is 30.2 Å². The van der Waals surface area contributed by atoms with Crippen molar-refractivity contribution >= 4 is 15.8 Å². The molecule has 1 fully saturated rings. The van der Waals surface area contributed by atoms with E-state index >= 15 is 0 Å². The number of ether oxygens (including phenoxy) is 1. The van der Waals surface area contributed by atoms with Crippen LogP contribution in [-0.4, -0.2) is 37.2 Å². The Morgan fingerprint density at radius 2 is 1.78 bits per heavy atom. The fourth-order valence-corrected chi connectivity index (χ4v) is 5.37. The summed E-state index contributed by atoms with van der Waals surface area (Å²) < 4.78 is 33.7. The van der Waals surface area contributed by atoms with E-state index < -0.39 is 15.6 Å². The van der Waals surface area contributed by atoms with Gasteiger partial charge in [-0.25, -0.2) is 8.42 Å². The third-order valence-electron chi connectivity index (χ3n) is 5.46. The van der Waals surface area contributed by atoms with E-state index in [1.165, 1.54) is 4.31 Å². The van der Waals surface area contributed by atoms with Gasteiger partial charge in [0.1, 0.15) is 11.4 Å². The fourth-order valence-electron chi connectivity index (χ4n) is 3.86. The number of hydrogen-bond donors (Lipinski definition) is 0. The Labute approximate surface area is 160 Å². The Kier molecular flexibility index (Phi) is 4.35. The Morgan fingerprint density at radius 3 is 2.48 bits per heavy atom. The van der Waals surface area contributed by atoms with E-state index in [-0.39, 0.29) is 23.6 Å². The van der Waals surface area contributed by atoms with Crippen molar-refractivity contribution in [1.29, 1.82) is 0 Å². The minimum absolute atomic E-state index is 0.0115. The molecule has 27 heavy (non-hydrogen) atoms. The van der Waals surface area contributed by atoms with Gasteiger partial charge >= 0.3 is 0 Å². The van der Waals surface area contributed by atoms with Crippen LogP contribution in [0.5, 0.6) is 5.75 Å². The second kappa shape index (κ2) is 6.46. The summed E-state index contributed by atoms with van der Waals surface area (Å²) in [6, 6.07) is 14.2. The molecular weight excluding hydrogens is 362 g/mol. The zero-order chi connectivity index (χ0) is 19.2. The van der Waals surface area contributed by atoms with Crippen LogP contribution in [0.25, 0.3) is 0 Å².